The molecule has 1 aromatic heterocycles. The number of rotatable bonds is 3. The molecule has 0 aliphatic heterocycles. The predicted octanol–water partition coefficient (Wildman–Crippen LogP) is 2.09. The fourth-order valence-corrected chi connectivity index (χ4v) is 1.81. The van der Waals surface area contributed by atoms with E-state index in [9.17, 15) is 8.78 Å². The Bertz CT molecular complexity index is 333. The number of pyridine rings is 1. The lowest BCUT2D eigenvalue weighted by Crippen LogP contribution is -2.08. The molecule has 1 aromatic rings. The molecule has 14 heavy (non-hydrogen) atoms. The third-order valence-corrected chi connectivity index (χ3v) is 2.50. The Morgan fingerprint density at radius 3 is 2.71 bits per heavy atom. The van der Waals surface area contributed by atoms with E-state index in [4.69, 9.17) is 10.5 Å². The molecule has 0 aromatic carbocycles. The molecule has 0 aliphatic carbocycles. The zero-order valence-electron chi connectivity index (χ0n) is 7.43. The first-order valence-corrected chi connectivity index (χ1v) is 4.89. The quantitative estimate of drug-likeness (QED) is 0.869. The maximum Gasteiger partial charge on any atom is 0.280 e. The van der Waals surface area contributed by atoms with Crippen LogP contribution in [0.4, 0.5) is 8.78 Å². The number of ether oxygens (including phenoxy) is 1. The van der Waals surface area contributed by atoms with Crippen LogP contribution in [0.15, 0.2) is 6.20 Å². The fourth-order valence-electron chi connectivity index (χ4n) is 1.13. The second-order valence-electron chi connectivity index (χ2n) is 2.51. The zero-order chi connectivity index (χ0) is 10.7. The zero-order valence-corrected chi connectivity index (χ0v) is 9.59. The molecule has 0 saturated carbocycles. The van der Waals surface area contributed by atoms with Crippen molar-refractivity contribution in [3.8, 4) is 5.75 Å². The number of halogens is 3. The van der Waals surface area contributed by atoms with Crippen LogP contribution in [-0.2, 0) is 6.54 Å². The van der Waals surface area contributed by atoms with E-state index in [1.54, 1.807) is 0 Å². The normalized spacial score (nSPS) is 10.7. The third-order valence-electron chi connectivity index (χ3n) is 1.73. The Balaban J connectivity index is 3.33. The summed E-state index contributed by atoms with van der Waals surface area (Å²) in [5.74, 6) is 0.387. The van der Waals surface area contributed by atoms with E-state index in [1.807, 2.05) is 22.6 Å². The molecule has 6 heteroatoms. The second-order valence-corrected chi connectivity index (χ2v) is 3.67. The molecule has 1 rings (SSSR count). The summed E-state index contributed by atoms with van der Waals surface area (Å²) in [6.07, 6.45) is -1.28. The molecule has 0 bridgehead atoms. The maximum absolute atomic E-state index is 12.5. The molecule has 0 atom stereocenters. The first-order valence-electron chi connectivity index (χ1n) is 3.81. The van der Waals surface area contributed by atoms with Crippen LogP contribution in [0.5, 0.6) is 5.75 Å². The molecule has 3 nitrogen and oxygen atoms in total. The van der Waals surface area contributed by atoms with Crippen molar-refractivity contribution in [1.82, 2.24) is 4.98 Å². The molecule has 0 unspecified atom stereocenters. The van der Waals surface area contributed by atoms with E-state index in [0.717, 1.165) is 0 Å². The molecule has 0 saturated heterocycles. The van der Waals surface area contributed by atoms with Gasteiger partial charge in [0.15, 0.2) is 0 Å². The van der Waals surface area contributed by atoms with E-state index < -0.39 is 6.43 Å². The van der Waals surface area contributed by atoms with Gasteiger partial charge in [0.2, 0.25) is 0 Å². The summed E-state index contributed by atoms with van der Waals surface area (Å²) in [6, 6.07) is 0. The van der Waals surface area contributed by atoms with Crippen LogP contribution in [0.2, 0.25) is 0 Å². The van der Waals surface area contributed by atoms with Crippen molar-refractivity contribution in [3.05, 3.63) is 21.0 Å². The van der Waals surface area contributed by atoms with E-state index >= 15 is 0 Å². The smallest absolute Gasteiger partial charge is 0.280 e. The van der Waals surface area contributed by atoms with Crippen molar-refractivity contribution in [3.63, 3.8) is 0 Å². The molecule has 0 spiro atoms. The van der Waals surface area contributed by atoms with Crippen molar-refractivity contribution < 1.29 is 13.5 Å². The minimum Gasteiger partial charge on any atom is -0.495 e. The lowest BCUT2D eigenvalue weighted by Gasteiger charge is -2.12. The van der Waals surface area contributed by atoms with Crippen LogP contribution >= 0.6 is 22.6 Å². The van der Waals surface area contributed by atoms with Crippen molar-refractivity contribution in [2.24, 2.45) is 5.73 Å². The van der Waals surface area contributed by atoms with E-state index in [2.05, 4.69) is 4.98 Å². The third kappa shape index (κ3) is 2.11. The van der Waals surface area contributed by atoms with Crippen LogP contribution in [0.1, 0.15) is 17.7 Å². The minimum atomic E-state index is -2.63. The van der Waals surface area contributed by atoms with Gasteiger partial charge in [-0.25, -0.2) is 8.78 Å². The number of hydrogen-bond acceptors (Lipinski definition) is 3. The Morgan fingerprint density at radius 1 is 1.64 bits per heavy atom. The van der Waals surface area contributed by atoms with Crippen molar-refractivity contribution >= 4 is 22.6 Å². The maximum atomic E-state index is 12.5. The van der Waals surface area contributed by atoms with Crippen molar-refractivity contribution in [1.29, 1.82) is 0 Å². The molecule has 0 aliphatic rings. The van der Waals surface area contributed by atoms with Gasteiger partial charge in [0.05, 0.1) is 10.7 Å². The van der Waals surface area contributed by atoms with Gasteiger partial charge in [0.1, 0.15) is 11.4 Å². The van der Waals surface area contributed by atoms with E-state index in [1.165, 1.54) is 13.3 Å². The van der Waals surface area contributed by atoms with Gasteiger partial charge in [0, 0.05) is 18.3 Å². The van der Waals surface area contributed by atoms with Gasteiger partial charge in [-0.2, -0.15) is 0 Å². The number of alkyl halides is 2. The molecule has 78 valence electrons. The van der Waals surface area contributed by atoms with Crippen molar-refractivity contribution in [2.75, 3.05) is 7.11 Å². The van der Waals surface area contributed by atoms with Gasteiger partial charge in [0.25, 0.3) is 6.43 Å². The molecule has 0 radical (unpaired) electrons. The Morgan fingerprint density at radius 2 is 2.29 bits per heavy atom. The molecular weight excluding hydrogens is 305 g/mol. The molecular formula is C8H9F2IN2O. The highest BCUT2D eigenvalue weighted by Gasteiger charge is 2.19. The average molecular weight is 314 g/mol. The highest BCUT2D eigenvalue weighted by atomic mass is 127. The lowest BCUT2D eigenvalue weighted by atomic mass is 10.2. The van der Waals surface area contributed by atoms with Crippen LogP contribution in [0.3, 0.4) is 0 Å². The van der Waals surface area contributed by atoms with E-state index in [0.29, 0.717) is 9.32 Å². The van der Waals surface area contributed by atoms with Gasteiger partial charge < -0.3 is 10.5 Å². The van der Waals surface area contributed by atoms with Crippen LogP contribution < -0.4 is 10.5 Å². The van der Waals surface area contributed by atoms with Gasteiger partial charge in [-0.05, 0) is 22.6 Å². The average Bonchev–Trinajstić information content (AvgIpc) is 2.16. The number of nitrogens with zero attached hydrogens (tertiary/aromatic N) is 1. The van der Waals surface area contributed by atoms with Gasteiger partial charge in [-0.3, -0.25) is 4.98 Å². The Labute approximate surface area is 93.8 Å². The summed E-state index contributed by atoms with van der Waals surface area (Å²) < 4.78 is 30.6. The number of methoxy groups -OCH3 is 1. The van der Waals surface area contributed by atoms with Crippen molar-refractivity contribution in [2.45, 2.75) is 13.0 Å². The summed E-state index contributed by atoms with van der Waals surface area (Å²) in [7, 11) is 1.42. The van der Waals surface area contributed by atoms with Crippen LogP contribution in [0.25, 0.3) is 0 Å². The summed E-state index contributed by atoms with van der Waals surface area (Å²) in [6.45, 7) is -0.00725. The Kier molecular flexibility index (Phi) is 3.99. The fraction of sp³-hybridized carbons (Fsp3) is 0.375. The number of aromatic nitrogens is 1. The van der Waals surface area contributed by atoms with E-state index in [-0.39, 0.29) is 17.8 Å². The van der Waals surface area contributed by atoms with Gasteiger partial charge >= 0.3 is 0 Å². The topological polar surface area (TPSA) is 48.1 Å². The highest BCUT2D eigenvalue weighted by Crippen LogP contribution is 2.31. The molecule has 1 heterocycles. The van der Waals surface area contributed by atoms with Crippen LogP contribution in [-0.4, -0.2) is 12.1 Å². The SMILES string of the molecule is COc1c(I)cnc(C(F)F)c1CN. The largest absolute Gasteiger partial charge is 0.495 e. The summed E-state index contributed by atoms with van der Waals surface area (Å²) in [5.41, 5.74) is 5.35. The Hall–Kier alpha value is -0.500. The van der Waals surface area contributed by atoms with Gasteiger partial charge in [-0.1, -0.05) is 0 Å². The first-order chi connectivity index (χ1) is 6.61. The molecule has 0 amide bonds. The summed E-state index contributed by atoms with van der Waals surface area (Å²) in [4.78, 5) is 3.64. The highest BCUT2D eigenvalue weighted by molar-refractivity contribution is 14.1. The molecule has 0 fully saturated rings. The van der Waals surface area contributed by atoms with Crippen LogP contribution in [0, 0.1) is 3.57 Å². The monoisotopic (exact) mass is 314 g/mol. The predicted molar refractivity (Wildman–Crippen MR) is 56.4 cm³/mol. The first kappa shape index (κ1) is 11.6. The number of hydrogen-bond donors (Lipinski definition) is 1. The summed E-state index contributed by atoms with van der Waals surface area (Å²) >= 11 is 1.96. The van der Waals surface area contributed by atoms with Gasteiger partial charge in [-0.15, -0.1) is 0 Å². The number of nitrogens with two attached hydrogens (primary N) is 1. The minimum absolute atomic E-state index is 0.00725. The molecule has 2 N–H and O–H groups in total. The second kappa shape index (κ2) is 4.83. The summed E-state index contributed by atoms with van der Waals surface area (Å²) in [5, 5.41) is 0. The standard InChI is InChI=1S/C8H9F2IN2O/c1-14-7-4(2-12)6(8(9)10)13-3-5(7)11/h3,8H,2,12H2,1H3. The lowest BCUT2D eigenvalue weighted by molar-refractivity contribution is 0.144.